The van der Waals surface area contributed by atoms with Crippen LogP contribution in [0.3, 0.4) is 0 Å². The van der Waals surface area contributed by atoms with Crippen LogP contribution in [0, 0.1) is 13.8 Å². The molecule has 48 heavy (non-hydrogen) atoms. The molecule has 2 heterocycles. The highest BCUT2D eigenvalue weighted by Gasteiger charge is 2.11. The molecule has 0 fully saturated rings. The van der Waals surface area contributed by atoms with Gasteiger partial charge in [-0.05, 0) is 76.4 Å². The number of aromatic nitrogens is 6. The number of benzene rings is 2. The summed E-state index contributed by atoms with van der Waals surface area (Å²) in [5.74, 6) is 0.108. The highest BCUT2D eigenvalue weighted by molar-refractivity contribution is 7.99. The molecule has 0 amide bonds. The summed E-state index contributed by atoms with van der Waals surface area (Å²) in [6.45, 7) is 19.1. The number of hydrogen-bond acceptors (Lipinski definition) is 10. The SMILES string of the molecule is CCN(CC)CCSc1nc(C)n(-c2cccc(Cl)c2)n1.CCN(CC)CCSc1nc(C)n(-c2cccc(Cl)c2)n1.O=C(O)C(=O)O. The lowest BCUT2D eigenvalue weighted by Crippen LogP contribution is -2.25. The largest absolute Gasteiger partial charge is 0.473 e. The van der Waals surface area contributed by atoms with E-state index in [4.69, 9.17) is 43.0 Å². The third-order valence-corrected chi connectivity index (χ3v) is 8.96. The number of nitrogens with zero attached hydrogens (tertiary/aromatic N) is 8. The maximum Gasteiger partial charge on any atom is 0.414 e. The molecule has 2 aromatic heterocycles. The molecule has 0 saturated carbocycles. The van der Waals surface area contributed by atoms with E-state index in [1.165, 1.54) is 0 Å². The molecule has 2 aromatic carbocycles. The first-order valence-corrected chi connectivity index (χ1v) is 18.2. The highest BCUT2D eigenvalue weighted by atomic mass is 35.5. The van der Waals surface area contributed by atoms with Crippen molar-refractivity contribution in [3.05, 3.63) is 70.2 Å². The molecule has 4 rings (SSSR count). The molecule has 4 aromatic rings. The van der Waals surface area contributed by atoms with Crippen molar-refractivity contribution in [2.45, 2.75) is 51.9 Å². The Hall–Kier alpha value is -3.14. The molecule has 0 spiro atoms. The van der Waals surface area contributed by atoms with Gasteiger partial charge in [0, 0.05) is 34.6 Å². The number of carbonyl (C=O) groups is 2. The second kappa shape index (κ2) is 21.8. The minimum atomic E-state index is -1.82. The van der Waals surface area contributed by atoms with Crippen molar-refractivity contribution in [1.29, 1.82) is 0 Å². The molecule has 12 nitrogen and oxygen atoms in total. The number of rotatable bonds is 14. The van der Waals surface area contributed by atoms with Gasteiger partial charge in [0.1, 0.15) is 11.6 Å². The standard InChI is InChI=1S/2C15H21ClN4S.C2H2O4/c2*1-4-19(5-2)9-10-21-15-17-12(3)20(18-15)14-8-6-7-13(16)11-14;3-1(4)2(5)6/h2*6-8,11H,4-5,9-10H2,1-3H3;(H,3,4)(H,5,6). The van der Waals surface area contributed by atoms with Crippen LogP contribution in [-0.4, -0.2) is 112 Å². The fraction of sp³-hybridized carbons (Fsp3) is 0.438. The third kappa shape index (κ3) is 14.1. The van der Waals surface area contributed by atoms with Gasteiger partial charge in [0.25, 0.3) is 0 Å². The fourth-order valence-electron chi connectivity index (χ4n) is 4.17. The van der Waals surface area contributed by atoms with Crippen molar-refractivity contribution < 1.29 is 19.8 Å². The Morgan fingerprint density at radius 1 is 0.688 bits per heavy atom. The van der Waals surface area contributed by atoms with Gasteiger partial charge >= 0.3 is 11.9 Å². The van der Waals surface area contributed by atoms with Crippen molar-refractivity contribution >= 4 is 58.7 Å². The molecule has 0 radical (unpaired) electrons. The minimum absolute atomic E-state index is 0.707. The lowest BCUT2D eigenvalue weighted by Gasteiger charge is -2.16. The van der Waals surface area contributed by atoms with Crippen molar-refractivity contribution in [3.63, 3.8) is 0 Å². The Morgan fingerprint density at radius 3 is 1.33 bits per heavy atom. The number of aliphatic carboxylic acids is 2. The van der Waals surface area contributed by atoms with Crippen LogP contribution in [0.2, 0.25) is 10.0 Å². The Morgan fingerprint density at radius 2 is 1.04 bits per heavy atom. The topological polar surface area (TPSA) is 142 Å². The summed E-state index contributed by atoms with van der Waals surface area (Å²) in [6.07, 6.45) is 0. The van der Waals surface area contributed by atoms with Gasteiger partial charge in [-0.25, -0.2) is 28.9 Å². The molecule has 0 aliphatic rings. The van der Waals surface area contributed by atoms with E-state index >= 15 is 0 Å². The summed E-state index contributed by atoms with van der Waals surface area (Å²) in [4.78, 5) is 32.0. The van der Waals surface area contributed by atoms with Gasteiger partial charge in [0.2, 0.25) is 10.3 Å². The van der Waals surface area contributed by atoms with Gasteiger partial charge in [-0.3, -0.25) is 0 Å². The van der Waals surface area contributed by atoms with Gasteiger partial charge in [-0.1, -0.05) is 86.6 Å². The maximum absolute atomic E-state index is 9.10. The van der Waals surface area contributed by atoms with Gasteiger partial charge in [0.15, 0.2) is 0 Å². The second-order valence-electron chi connectivity index (χ2n) is 10.0. The number of hydrogen-bond donors (Lipinski definition) is 2. The molecule has 0 aliphatic carbocycles. The molecule has 0 saturated heterocycles. The average Bonchev–Trinajstić information content (AvgIpc) is 3.63. The van der Waals surface area contributed by atoms with Gasteiger partial charge in [-0.15, -0.1) is 10.2 Å². The predicted octanol–water partition coefficient (Wildman–Crippen LogP) is 6.48. The third-order valence-electron chi connectivity index (χ3n) is 6.85. The fourth-order valence-corrected chi connectivity index (χ4v) is 6.28. The first kappa shape index (κ1) is 41.0. The molecule has 0 bridgehead atoms. The van der Waals surface area contributed by atoms with E-state index in [0.717, 1.165) is 84.1 Å². The van der Waals surface area contributed by atoms with E-state index < -0.39 is 11.9 Å². The second-order valence-corrected chi connectivity index (χ2v) is 13.0. The van der Waals surface area contributed by atoms with E-state index in [1.54, 1.807) is 23.5 Å². The van der Waals surface area contributed by atoms with Gasteiger partial charge < -0.3 is 20.0 Å². The van der Waals surface area contributed by atoms with Crippen molar-refractivity contribution in [1.82, 2.24) is 39.3 Å². The van der Waals surface area contributed by atoms with E-state index in [2.05, 4.69) is 57.7 Å². The summed E-state index contributed by atoms with van der Waals surface area (Å²) in [5.41, 5.74) is 1.89. The Kier molecular flexibility index (Phi) is 18.6. The van der Waals surface area contributed by atoms with Crippen LogP contribution in [0.25, 0.3) is 11.4 Å². The zero-order valence-corrected chi connectivity index (χ0v) is 31.3. The lowest BCUT2D eigenvalue weighted by molar-refractivity contribution is -0.159. The normalized spacial score (nSPS) is 10.8. The van der Waals surface area contributed by atoms with Crippen molar-refractivity contribution in [2.75, 3.05) is 50.8 Å². The molecule has 16 heteroatoms. The number of halogens is 2. The summed E-state index contributed by atoms with van der Waals surface area (Å²) in [6, 6.07) is 15.3. The maximum atomic E-state index is 9.10. The molecular weight excluding hydrogens is 695 g/mol. The highest BCUT2D eigenvalue weighted by Crippen LogP contribution is 2.21. The Balaban J connectivity index is 0.000000286. The van der Waals surface area contributed by atoms with E-state index in [9.17, 15) is 0 Å². The van der Waals surface area contributed by atoms with Crippen LogP contribution < -0.4 is 0 Å². The van der Waals surface area contributed by atoms with Gasteiger partial charge in [-0.2, -0.15) is 0 Å². The average molecular weight is 740 g/mol. The number of aryl methyl sites for hydroxylation is 2. The molecule has 0 aliphatic heterocycles. The molecule has 262 valence electrons. The molecule has 2 N–H and O–H groups in total. The zero-order valence-electron chi connectivity index (χ0n) is 28.1. The quantitative estimate of drug-likeness (QED) is 0.108. The van der Waals surface area contributed by atoms with Crippen LogP contribution in [0.4, 0.5) is 0 Å². The van der Waals surface area contributed by atoms with E-state index in [-0.39, 0.29) is 0 Å². The van der Waals surface area contributed by atoms with Crippen LogP contribution >= 0.6 is 46.7 Å². The van der Waals surface area contributed by atoms with Crippen LogP contribution in [0.15, 0.2) is 58.8 Å². The minimum Gasteiger partial charge on any atom is -0.473 e. The first-order valence-electron chi connectivity index (χ1n) is 15.5. The Labute approximate surface area is 300 Å². The molecular formula is C32H44Cl2N8O4S2. The van der Waals surface area contributed by atoms with Crippen molar-refractivity contribution in [3.8, 4) is 11.4 Å². The number of carboxylic acids is 2. The molecule has 0 atom stereocenters. The first-order chi connectivity index (χ1) is 22.9. The van der Waals surface area contributed by atoms with Crippen LogP contribution in [-0.2, 0) is 9.59 Å². The molecule has 0 unspecified atom stereocenters. The summed E-state index contributed by atoms with van der Waals surface area (Å²) in [5, 5.41) is 27.0. The van der Waals surface area contributed by atoms with Crippen LogP contribution in [0.1, 0.15) is 39.3 Å². The summed E-state index contributed by atoms with van der Waals surface area (Å²) >= 11 is 15.5. The lowest BCUT2D eigenvalue weighted by atomic mass is 10.3. The zero-order chi connectivity index (χ0) is 35.6. The number of thioether (sulfide) groups is 2. The smallest absolute Gasteiger partial charge is 0.414 e. The Bertz CT molecular complexity index is 1460. The van der Waals surface area contributed by atoms with E-state index in [0.29, 0.717) is 10.0 Å². The van der Waals surface area contributed by atoms with Crippen molar-refractivity contribution in [2.24, 2.45) is 0 Å². The summed E-state index contributed by atoms with van der Waals surface area (Å²) < 4.78 is 3.68. The number of carboxylic acid groups (broad SMARTS) is 2. The monoisotopic (exact) mass is 738 g/mol. The predicted molar refractivity (Wildman–Crippen MR) is 195 cm³/mol. The summed E-state index contributed by atoms with van der Waals surface area (Å²) in [7, 11) is 0. The van der Waals surface area contributed by atoms with Gasteiger partial charge in [0.05, 0.1) is 11.4 Å². The van der Waals surface area contributed by atoms with E-state index in [1.807, 2.05) is 71.7 Å². The van der Waals surface area contributed by atoms with Crippen LogP contribution in [0.5, 0.6) is 0 Å².